The zero-order valence-corrected chi connectivity index (χ0v) is 34.0. The lowest BCUT2D eigenvalue weighted by Gasteiger charge is -2.16. The highest BCUT2D eigenvalue weighted by Gasteiger charge is 2.22. The molecule has 0 aliphatic rings. The quantitative estimate of drug-likeness (QED) is 0.150. The predicted octanol–water partition coefficient (Wildman–Crippen LogP) is 15.1. The van der Waals surface area contributed by atoms with Crippen LogP contribution in [0.2, 0.25) is 0 Å². The Hall–Kier alpha value is -8.54. The largest absolute Gasteiger partial charge is 0.456 e. The van der Waals surface area contributed by atoms with E-state index in [0.29, 0.717) is 17.5 Å². The smallest absolute Gasteiger partial charge is 0.164 e. The number of rotatable bonds is 7. The first-order chi connectivity index (χ1) is 31.2. The summed E-state index contributed by atoms with van der Waals surface area (Å²) in [5.41, 5.74) is 13.9. The summed E-state index contributed by atoms with van der Waals surface area (Å²) in [4.78, 5) is 20.8. The van der Waals surface area contributed by atoms with Crippen LogP contribution in [0, 0.1) is 0 Å². The maximum absolute atomic E-state index is 6.61. The molecule has 0 spiro atoms. The van der Waals surface area contributed by atoms with E-state index < -0.39 is 0 Å². The van der Waals surface area contributed by atoms with Crippen LogP contribution >= 0.6 is 0 Å². The fourth-order valence-corrected chi connectivity index (χ4v) is 8.91. The topological polar surface area (TPSA) is 64.7 Å². The van der Waals surface area contributed by atoms with Crippen molar-refractivity contribution < 1.29 is 4.42 Å². The molecule has 0 saturated carbocycles. The van der Waals surface area contributed by atoms with E-state index >= 15 is 0 Å². The third-order valence-corrected chi connectivity index (χ3v) is 11.9. The Morgan fingerprint density at radius 3 is 1.35 bits per heavy atom. The van der Waals surface area contributed by atoms with Crippen molar-refractivity contribution in [3.05, 3.63) is 218 Å². The summed E-state index contributed by atoms with van der Waals surface area (Å²) < 4.78 is 6.61. The maximum Gasteiger partial charge on any atom is 0.164 e. The Morgan fingerprint density at radius 1 is 0.270 bits per heavy atom. The Bertz CT molecular complexity index is 3590. The number of nitrogens with zero attached hydrogens (tertiary/aromatic N) is 4. The second-order valence-corrected chi connectivity index (χ2v) is 15.8. The van der Waals surface area contributed by atoms with Gasteiger partial charge in [0.2, 0.25) is 0 Å². The fraction of sp³-hybridized carbons (Fsp3) is 0. The van der Waals surface area contributed by atoms with Gasteiger partial charge in [0.15, 0.2) is 17.5 Å². The molecule has 0 fully saturated rings. The molecule has 0 radical (unpaired) electrons. The molecular weight excluding hydrogens is 769 g/mol. The second-order valence-electron chi connectivity index (χ2n) is 15.8. The fourth-order valence-electron chi connectivity index (χ4n) is 8.91. The predicted molar refractivity (Wildman–Crippen MR) is 258 cm³/mol. The van der Waals surface area contributed by atoms with Crippen molar-refractivity contribution in [2.24, 2.45) is 0 Å². The SMILES string of the molecule is c1ccc(-c2cc(-c3ccccc3)cc(-c3nc(-c4ccccc4)nc(-c4ccc(-c5nc6ccccc6c6c(-c7ccccc7)c7c(cc56)oc5ccccc57)cc4)n3)c2)cc1. The van der Waals surface area contributed by atoms with Gasteiger partial charge in [0.25, 0.3) is 0 Å². The molecule has 3 heterocycles. The van der Waals surface area contributed by atoms with E-state index in [1.165, 1.54) is 0 Å². The number of furan rings is 1. The second kappa shape index (κ2) is 15.2. The summed E-state index contributed by atoms with van der Waals surface area (Å²) >= 11 is 0. The van der Waals surface area contributed by atoms with Gasteiger partial charge in [-0.15, -0.1) is 0 Å². The molecule has 63 heavy (non-hydrogen) atoms. The molecule has 5 heteroatoms. The molecule has 0 bridgehead atoms. The van der Waals surface area contributed by atoms with Gasteiger partial charge in [-0.3, -0.25) is 0 Å². The Labute approximate surface area is 363 Å². The van der Waals surface area contributed by atoms with Crippen LogP contribution in [0.15, 0.2) is 223 Å². The lowest BCUT2D eigenvalue weighted by Crippen LogP contribution is -2.00. The highest BCUT2D eigenvalue weighted by atomic mass is 16.3. The lowest BCUT2D eigenvalue weighted by molar-refractivity contribution is 0.669. The monoisotopic (exact) mass is 804 g/mol. The van der Waals surface area contributed by atoms with Crippen molar-refractivity contribution in [1.29, 1.82) is 0 Å². The van der Waals surface area contributed by atoms with Crippen LogP contribution < -0.4 is 0 Å². The van der Waals surface area contributed by atoms with E-state index in [1.807, 2.05) is 54.6 Å². The molecule has 0 N–H and O–H groups in total. The zero-order chi connectivity index (χ0) is 41.7. The van der Waals surface area contributed by atoms with Gasteiger partial charge >= 0.3 is 0 Å². The Morgan fingerprint density at radius 2 is 0.730 bits per heavy atom. The van der Waals surface area contributed by atoms with Gasteiger partial charge in [-0.1, -0.05) is 182 Å². The number of para-hydroxylation sites is 2. The van der Waals surface area contributed by atoms with Crippen LogP contribution in [0.1, 0.15) is 0 Å². The highest BCUT2D eigenvalue weighted by molar-refractivity contribution is 6.27. The van der Waals surface area contributed by atoms with E-state index in [9.17, 15) is 0 Å². The van der Waals surface area contributed by atoms with Crippen molar-refractivity contribution in [2.75, 3.05) is 0 Å². The van der Waals surface area contributed by atoms with Gasteiger partial charge in [-0.25, -0.2) is 19.9 Å². The summed E-state index contributed by atoms with van der Waals surface area (Å²) in [5.74, 6) is 1.79. The van der Waals surface area contributed by atoms with Gasteiger partial charge in [0.05, 0.1) is 11.2 Å². The molecule has 12 aromatic rings. The van der Waals surface area contributed by atoms with Crippen LogP contribution in [0.25, 0.3) is 122 Å². The van der Waals surface area contributed by atoms with Gasteiger partial charge in [-0.2, -0.15) is 0 Å². The molecule has 0 atom stereocenters. The van der Waals surface area contributed by atoms with E-state index in [-0.39, 0.29) is 0 Å². The summed E-state index contributed by atoms with van der Waals surface area (Å²) in [7, 11) is 0. The van der Waals surface area contributed by atoms with Gasteiger partial charge in [0.1, 0.15) is 11.2 Å². The number of fused-ring (bicyclic) bond motifs is 6. The normalized spacial score (nSPS) is 11.5. The minimum Gasteiger partial charge on any atom is -0.456 e. The number of benzene rings is 9. The summed E-state index contributed by atoms with van der Waals surface area (Å²) in [6.07, 6.45) is 0. The Balaban J connectivity index is 1.04. The Kier molecular flexibility index (Phi) is 8.75. The van der Waals surface area contributed by atoms with Crippen molar-refractivity contribution >= 4 is 43.6 Å². The average molecular weight is 805 g/mol. The maximum atomic E-state index is 6.61. The van der Waals surface area contributed by atoms with E-state index in [0.717, 1.165) is 105 Å². The number of pyridine rings is 1. The molecule has 0 aliphatic carbocycles. The van der Waals surface area contributed by atoms with Crippen LogP contribution in [-0.2, 0) is 0 Å². The third-order valence-electron chi connectivity index (χ3n) is 11.9. The van der Waals surface area contributed by atoms with Gasteiger partial charge < -0.3 is 4.42 Å². The van der Waals surface area contributed by atoms with Gasteiger partial charge in [0, 0.05) is 54.7 Å². The summed E-state index contributed by atoms with van der Waals surface area (Å²) in [6.45, 7) is 0. The van der Waals surface area contributed by atoms with Crippen molar-refractivity contribution in [2.45, 2.75) is 0 Å². The molecule has 5 nitrogen and oxygen atoms in total. The molecule has 0 saturated heterocycles. The minimum absolute atomic E-state index is 0.587. The standard InChI is InChI=1S/C58H36N4O/c1-5-17-37(18-6-1)43-33-44(38-19-7-2-8-20-38)35-45(34-43)58-61-56(41-23-11-4-12-24-41)60-57(62-58)42-31-29-40(30-32-42)55-48-36-51-54(47-26-14-16-28-50(47)63-51)52(39-21-9-3-10-22-39)53(48)46-25-13-15-27-49(46)59-55/h1-36H. The number of hydrogen-bond donors (Lipinski definition) is 0. The molecule has 0 aliphatic heterocycles. The van der Waals surface area contributed by atoms with Crippen molar-refractivity contribution in [1.82, 2.24) is 19.9 Å². The molecule has 0 amide bonds. The van der Waals surface area contributed by atoms with Crippen LogP contribution in [0.3, 0.4) is 0 Å². The number of hydrogen-bond acceptors (Lipinski definition) is 5. The third kappa shape index (κ3) is 6.51. The first kappa shape index (κ1) is 36.3. The van der Waals surface area contributed by atoms with Crippen molar-refractivity contribution in [3.8, 4) is 78.8 Å². The minimum atomic E-state index is 0.587. The van der Waals surface area contributed by atoms with Crippen LogP contribution in [0.4, 0.5) is 0 Å². The van der Waals surface area contributed by atoms with Crippen LogP contribution in [-0.4, -0.2) is 19.9 Å². The first-order valence-corrected chi connectivity index (χ1v) is 21.1. The van der Waals surface area contributed by atoms with E-state index in [1.54, 1.807) is 0 Å². The molecule has 9 aromatic carbocycles. The summed E-state index contributed by atoms with van der Waals surface area (Å²) in [5, 5.41) is 5.46. The van der Waals surface area contributed by atoms with E-state index in [4.69, 9.17) is 24.4 Å². The first-order valence-electron chi connectivity index (χ1n) is 21.1. The molecule has 3 aromatic heterocycles. The zero-order valence-electron chi connectivity index (χ0n) is 34.0. The molecular formula is C58H36N4O. The molecule has 294 valence electrons. The summed E-state index contributed by atoms with van der Waals surface area (Å²) in [6, 6.07) is 75.6. The van der Waals surface area contributed by atoms with Gasteiger partial charge in [-0.05, 0) is 64.2 Å². The highest BCUT2D eigenvalue weighted by Crippen LogP contribution is 2.46. The van der Waals surface area contributed by atoms with E-state index in [2.05, 4.69) is 164 Å². The lowest BCUT2D eigenvalue weighted by atomic mass is 9.89. The van der Waals surface area contributed by atoms with Crippen molar-refractivity contribution in [3.63, 3.8) is 0 Å². The molecule has 12 rings (SSSR count). The molecule has 0 unspecified atom stereocenters. The average Bonchev–Trinajstić information content (AvgIpc) is 3.74. The van der Waals surface area contributed by atoms with Crippen LogP contribution in [0.5, 0.6) is 0 Å². The number of aromatic nitrogens is 4.